The van der Waals surface area contributed by atoms with Crippen molar-refractivity contribution < 1.29 is 14.0 Å². The molecule has 2 N–H and O–H groups in total. The van der Waals surface area contributed by atoms with Gasteiger partial charge in [0, 0.05) is 5.69 Å². The number of carbonyl (C=O) groups is 2. The monoisotopic (exact) mass is 552 g/mol. The van der Waals surface area contributed by atoms with Crippen LogP contribution in [0.2, 0.25) is 5.02 Å². The highest BCUT2D eigenvalue weighted by atomic mass is 35.5. The molecule has 0 bridgehead atoms. The zero-order valence-corrected chi connectivity index (χ0v) is 21.4. The number of para-hydroxylation sites is 2. The molecule has 0 spiro atoms. The topological polar surface area (TPSA) is 102 Å². The second-order valence-corrected chi connectivity index (χ2v) is 10.1. The SMILES string of the molecule is O=C(CSc1nnc(CNC(=O)c2c(F)cccc2Cl)n1-c1ccccc1)Nc1nc2ccccc2s1. The molecule has 8 nitrogen and oxygen atoms in total. The number of aromatic nitrogens is 4. The van der Waals surface area contributed by atoms with E-state index in [1.807, 2.05) is 54.6 Å². The van der Waals surface area contributed by atoms with E-state index in [0.29, 0.717) is 16.1 Å². The lowest BCUT2D eigenvalue weighted by Crippen LogP contribution is -2.26. The molecule has 0 radical (unpaired) electrons. The first-order chi connectivity index (χ1) is 18.0. The number of rotatable bonds is 8. The van der Waals surface area contributed by atoms with Crippen molar-refractivity contribution in [1.29, 1.82) is 0 Å². The number of nitrogens with zero attached hydrogens (tertiary/aromatic N) is 4. The van der Waals surface area contributed by atoms with E-state index in [0.717, 1.165) is 15.9 Å². The summed E-state index contributed by atoms with van der Waals surface area (Å²) in [5.74, 6) is -1.16. The van der Waals surface area contributed by atoms with Gasteiger partial charge < -0.3 is 10.6 Å². The van der Waals surface area contributed by atoms with Gasteiger partial charge in [0.05, 0.1) is 33.1 Å². The van der Waals surface area contributed by atoms with Crippen LogP contribution in [0, 0.1) is 5.82 Å². The van der Waals surface area contributed by atoms with Crippen molar-refractivity contribution in [3.05, 3.63) is 95.0 Å². The van der Waals surface area contributed by atoms with Gasteiger partial charge in [-0.15, -0.1) is 10.2 Å². The van der Waals surface area contributed by atoms with Crippen LogP contribution < -0.4 is 10.6 Å². The molecule has 5 rings (SSSR count). The summed E-state index contributed by atoms with van der Waals surface area (Å²) in [6, 6.07) is 21.0. The molecular weight excluding hydrogens is 535 g/mol. The van der Waals surface area contributed by atoms with Crippen molar-refractivity contribution in [2.75, 3.05) is 11.1 Å². The molecule has 0 fully saturated rings. The molecule has 186 valence electrons. The van der Waals surface area contributed by atoms with E-state index in [1.165, 1.54) is 41.3 Å². The fourth-order valence-corrected chi connectivity index (χ4v) is 5.42. The van der Waals surface area contributed by atoms with Crippen LogP contribution in [0.1, 0.15) is 16.2 Å². The minimum atomic E-state index is -0.718. The lowest BCUT2D eigenvalue weighted by Gasteiger charge is -2.11. The first-order valence-electron chi connectivity index (χ1n) is 11.0. The van der Waals surface area contributed by atoms with Crippen LogP contribution in [0.25, 0.3) is 15.9 Å². The standard InChI is InChI=1S/C25H18ClFN6O2S2/c26-16-9-6-10-17(27)22(16)23(35)28-13-20-31-32-25(33(20)15-7-2-1-3-8-15)36-14-21(34)30-24-29-18-11-4-5-12-19(18)37-24/h1-12H,13-14H2,(H,28,35)(H,29,30,34). The number of nitrogens with one attached hydrogen (secondary N) is 2. The van der Waals surface area contributed by atoms with Crippen LogP contribution in [0.3, 0.4) is 0 Å². The van der Waals surface area contributed by atoms with Crippen LogP contribution >= 0.6 is 34.7 Å². The fourth-order valence-electron chi connectivity index (χ4n) is 3.52. The molecule has 0 aliphatic rings. The molecule has 12 heteroatoms. The third-order valence-corrected chi connectivity index (χ3v) is 7.38. The van der Waals surface area contributed by atoms with Crippen LogP contribution in [-0.4, -0.2) is 37.3 Å². The first kappa shape index (κ1) is 24.9. The maximum atomic E-state index is 14.1. The maximum Gasteiger partial charge on any atom is 0.256 e. The van der Waals surface area contributed by atoms with Gasteiger partial charge in [0.2, 0.25) is 5.91 Å². The van der Waals surface area contributed by atoms with Crippen molar-refractivity contribution in [2.45, 2.75) is 11.7 Å². The number of hydrogen-bond acceptors (Lipinski definition) is 7. The minimum Gasteiger partial charge on any atom is -0.345 e. The summed E-state index contributed by atoms with van der Waals surface area (Å²) < 4.78 is 16.9. The summed E-state index contributed by atoms with van der Waals surface area (Å²) >= 11 is 8.60. The van der Waals surface area contributed by atoms with Gasteiger partial charge in [-0.1, -0.05) is 71.1 Å². The third kappa shape index (κ3) is 5.63. The van der Waals surface area contributed by atoms with Gasteiger partial charge in [-0.25, -0.2) is 9.37 Å². The number of halogens is 2. The number of benzene rings is 3. The van der Waals surface area contributed by atoms with Crippen LogP contribution in [0.4, 0.5) is 9.52 Å². The first-order valence-corrected chi connectivity index (χ1v) is 13.2. The Morgan fingerprint density at radius 2 is 1.78 bits per heavy atom. The van der Waals surface area contributed by atoms with Gasteiger partial charge in [0.1, 0.15) is 5.82 Å². The third-order valence-electron chi connectivity index (χ3n) is 5.18. The van der Waals surface area contributed by atoms with Gasteiger partial charge in [0.15, 0.2) is 16.1 Å². The molecule has 5 aromatic rings. The zero-order chi connectivity index (χ0) is 25.8. The quantitative estimate of drug-likeness (QED) is 0.252. The summed E-state index contributed by atoms with van der Waals surface area (Å²) in [6.07, 6.45) is 0. The smallest absolute Gasteiger partial charge is 0.256 e. The molecule has 0 saturated heterocycles. The van der Waals surface area contributed by atoms with E-state index in [2.05, 4.69) is 25.8 Å². The average molecular weight is 553 g/mol. The zero-order valence-electron chi connectivity index (χ0n) is 19.0. The van der Waals surface area contributed by atoms with Crippen molar-refractivity contribution in [3.8, 4) is 5.69 Å². The Morgan fingerprint density at radius 3 is 2.57 bits per heavy atom. The Labute approximate surface area is 223 Å². The van der Waals surface area contributed by atoms with Crippen LogP contribution in [0.15, 0.2) is 78.0 Å². The summed E-state index contributed by atoms with van der Waals surface area (Å²) in [6.45, 7) is -0.0378. The van der Waals surface area contributed by atoms with E-state index >= 15 is 0 Å². The number of thioether (sulfide) groups is 1. The van der Waals surface area contributed by atoms with E-state index in [-0.39, 0.29) is 28.8 Å². The molecule has 0 unspecified atom stereocenters. The van der Waals surface area contributed by atoms with Crippen molar-refractivity contribution in [2.24, 2.45) is 0 Å². The summed E-state index contributed by atoms with van der Waals surface area (Å²) in [5, 5.41) is 14.9. The predicted molar refractivity (Wildman–Crippen MR) is 143 cm³/mol. The van der Waals surface area contributed by atoms with E-state index in [1.54, 1.807) is 4.57 Å². The minimum absolute atomic E-state index is 0.0115. The fraction of sp³-hybridized carbons (Fsp3) is 0.0800. The normalized spacial score (nSPS) is 11.0. The second kappa shape index (κ2) is 11.1. The number of amides is 2. The number of anilines is 1. The Bertz CT molecular complexity index is 1540. The van der Waals surface area contributed by atoms with Crippen molar-refractivity contribution >= 4 is 61.9 Å². The molecule has 2 heterocycles. The predicted octanol–water partition coefficient (Wildman–Crippen LogP) is 5.33. The number of hydrogen-bond donors (Lipinski definition) is 2. The Kier molecular flexibility index (Phi) is 7.45. The lowest BCUT2D eigenvalue weighted by atomic mass is 10.2. The highest BCUT2D eigenvalue weighted by Crippen LogP contribution is 2.27. The van der Waals surface area contributed by atoms with E-state index in [4.69, 9.17) is 11.6 Å². The van der Waals surface area contributed by atoms with Crippen LogP contribution in [-0.2, 0) is 11.3 Å². The highest BCUT2D eigenvalue weighted by Gasteiger charge is 2.20. The molecule has 0 atom stereocenters. The van der Waals surface area contributed by atoms with E-state index < -0.39 is 11.7 Å². The van der Waals surface area contributed by atoms with Gasteiger partial charge in [-0.3, -0.25) is 14.2 Å². The molecule has 3 aromatic carbocycles. The Morgan fingerprint density at radius 1 is 1.00 bits per heavy atom. The Hall–Kier alpha value is -3.80. The molecule has 37 heavy (non-hydrogen) atoms. The van der Waals surface area contributed by atoms with E-state index in [9.17, 15) is 14.0 Å². The number of carbonyl (C=O) groups excluding carboxylic acids is 2. The van der Waals surface area contributed by atoms with Crippen LogP contribution in [0.5, 0.6) is 0 Å². The average Bonchev–Trinajstić information content (AvgIpc) is 3.50. The van der Waals surface area contributed by atoms with Gasteiger partial charge in [-0.2, -0.15) is 0 Å². The summed E-state index contributed by atoms with van der Waals surface area (Å²) in [4.78, 5) is 29.7. The molecular formula is C25H18ClFN6O2S2. The van der Waals surface area contributed by atoms with Gasteiger partial charge in [0.25, 0.3) is 5.91 Å². The number of thiazole rings is 1. The molecule has 0 saturated carbocycles. The summed E-state index contributed by atoms with van der Waals surface area (Å²) in [5.41, 5.74) is 1.33. The number of fused-ring (bicyclic) bond motifs is 1. The molecule has 0 aliphatic heterocycles. The maximum absolute atomic E-state index is 14.1. The Balaban J connectivity index is 1.31. The summed E-state index contributed by atoms with van der Waals surface area (Å²) in [7, 11) is 0. The second-order valence-electron chi connectivity index (χ2n) is 7.67. The van der Waals surface area contributed by atoms with Crippen molar-refractivity contribution in [1.82, 2.24) is 25.1 Å². The highest BCUT2D eigenvalue weighted by molar-refractivity contribution is 7.99. The molecule has 2 amide bonds. The molecule has 0 aliphatic carbocycles. The molecule has 2 aromatic heterocycles. The lowest BCUT2D eigenvalue weighted by molar-refractivity contribution is -0.113. The largest absolute Gasteiger partial charge is 0.345 e. The van der Waals surface area contributed by atoms with Gasteiger partial charge >= 0.3 is 0 Å². The van der Waals surface area contributed by atoms with Gasteiger partial charge in [-0.05, 0) is 36.4 Å². The van der Waals surface area contributed by atoms with Crippen molar-refractivity contribution in [3.63, 3.8) is 0 Å².